The van der Waals surface area contributed by atoms with Crippen molar-refractivity contribution in [2.75, 3.05) is 5.32 Å². The lowest BCUT2D eigenvalue weighted by Crippen LogP contribution is -2.24. The molecule has 0 bridgehead atoms. The summed E-state index contributed by atoms with van der Waals surface area (Å²) < 4.78 is 2.52. The lowest BCUT2D eigenvalue weighted by molar-refractivity contribution is -0.119. The molecule has 0 aromatic carbocycles. The van der Waals surface area contributed by atoms with Gasteiger partial charge >= 0.3 is 0 Å². The molecule has 0 spiro atoms. The largest absolute Gasteiger partial charge is 0.309 e. The Morgan fingerprint density at radius 2 is 2.28 bits per heavy atom. The zero-order valence-corrected chi connectivity index (χ0v) is 11.7. The van der Waals surface area contributed by atoms with Crippen molar-refractivity contribution in [2.45, 2.75) is 19.9 Å². The number of carbonyl (C=O) groups is 1. The SMILES string of the molecule is Cc1nc(NC(=O)[C@H](C)n2cccn2)ccc1Br. The highest BCUT2D eigenvalue weighted by Crippen LogP contribution is 2.17. The van der Waals surface area contributed by atoms with Gasteiger partial charge in [-0.05, 0) is 48.0 Å². The molecule has 0 aliphatic carbocycles. The number of rotatable bonds is 3. The number of aromatic nitrogens is 3. The molecular weight excluding hydrogens is 296 g/mol. The normalized spacial score (nSPS) is 12.2. The Bertz CT molecular complexity index is 553. The summed E-state index contributed by atoms with van der Waals surface area (Å²) in [5.74, 6) is 0.396. The highest BCUT2D eigenvalue weighted by molar-refractivity contribution is 9.10. The Hall–Kier alpha value is -1.69. The second-order valence-electron chi connectivity index (χ2n) is 3.92. The van der Waals surface area contributed by atoms with Crippen LogP contribution in [0.5, 0.6) is 0 Å². The van der Waals surface area contributed by atoms with E-state index in [1.54, 1.807) is 36.1 Å². The monoisotopic (exact) mass is 308 g/mol. The van der Waals surface area contributed by atoms with E-state index in [0.29, 0.717) is 5.82 Å². The van der Waals surface area contributed by atoms with Crippen LogP contribution >= 0.6 is 15.9 Å². The first-order valence-corrected chi connectivity index (χ1v) is 6.30. The van der Waals surface area contributed by atoms with Crippen molar-refractivity contribution in [3.63, 3.8) is 0 Å². The Balaban J connectivity index is 2.09. The molecule has 0 radical (unpaired) electrons. The third-order valence-corrected chi connectivity index (χ3v) is 3.41. The van der Waals surface area contributed by atoms with E-state index in [9.17, 15) is 4.79 Å². The van der Waals surface area contributed by atoms with Gasteiger partial charge in [0, 0.05) is 16.9 Å². The minimum atomic E-state index is -0.370. The van der Waals surface area contributed by atoms with Gasteiger partial charge in [-0.15, -0.1) is 0 Å². The van der Waals surface area contributed by atoms with E-state index < -0.39 is 0 Å². The number of carbonyl (C=O) groups excluding carboxylic acids is 1. The average molecular weight is 309 g/mol. The third kappa shape index (κ3) is 2.76. The Kier molecular flexibility index (Phi) is 3.76. The van der Waals surface area contributed by atoms with Crippen molar-refractivity contribution in [1.82, 2.24) is 14.8 Å². The summed E-state index contributed by atoms with van der Waals surface area (Å²) in [4.78, 5) is 16.3. The Morgan fingerprint density at radius 1 is 1.50 bits per heavy atom. The second-order valence-corrected chi connectivity index (χ2v) is 4.77. The van der Waals surface area contributed by atoms with Crippen LogP contribution < -0.4 is 5.32 Å². The van der Waals surface area contributed by atoms with Crippen LogP contribution in [0.2, 0.25) is 0 Å². The fraction of sp³-hybridized carbons (Fsp3) is 0.250. The van der Waals surface area contributed by atoms with Gasteiger partial charge in [0.1, 0.15) is 11.9 Å². The van der Waals surface area contributed by atoms with Gasteiger partial charge in [0.2, 0.25) is 5.91 Å². The molecule has 0 unspecified atom stereocenters. The lowest BCUT2D eigenvalue weighted by atomic mass is 10.3. The smallest absolute Gasteiger partial charge is 0.250 e. The maximum absolute atomic E-state index is 12.0. The first kappa shape index (κ1) is 12.8. The summed E-state index contributed by atoms with van der Waals surface area (Å²) in [6.45, 7) is 3.66. The van der Waals surface area contributed by atoms with Gasteiger partial charge in [0.05, 0.1) is 5.69 Å². The predicted octanol–water partition coefficient (Wildman–Crippen LogP) is 2.55. The zero-order chi connectivity index (χ0) is 13.1. The van der Waals surface area contributed by atoms with Crippen LogP contribution in [0.25, 0.3) is 0 Å². The highest BCUT2D eigenvalue weighted by Gasteiger charge is 2.15. The van der Waals surface area contributed by atoms with Crippen molar-refractivity contribution in [3.05, 3.63) is 40.8 Å². The van der Waals surface area contributed by atoms with Gasteiger partial charge in [-0.3, -0.25) is 9.48 Å². The molecule has 1 amide bonds. The van der Waals surface area contributed by atoms with Gasteiger partial charge in [-0.25, -0.2) is 4.98 Å². The number of nitrogens with one attached hydrogen (secondary N) is 1. The Morgan fingerprint density at radius 3 is 2.89 bits per heavy atom. The molecule has 2 heterocycles. The summed E-state index contributed by atoms with van der Waals surface area (Å²) in [6.07, 6.45) is 3.40. The number of nitrogens with zero attached hydrogens (tertiary/aromatic N) is 3. The molecule has 2 aromatic heterocycles. The topological polar surface area (TPSA) is 59.8 Å². The van der Waals surface area contributed by atoms with E-state index >= 15 is 0 Å². The van der Waals surface area contributed by atoms with Crippen molar-refractivity contribution in [2.24, 2.45) is 0 Å². The van der Waals surface area contributed by atoms with E-state index in [0.717, 1.165) is 10.2 Å². The van der Waals surface area contributed by atoms with Gasteiger partial charge in [-0.1, -0.05) is 0 Å². The molecule has 0 fully saturated rings. The van der Waals surface area contributed by atoms with Gasteiger partial charge in [0.25, 0.3) is 0 Å². The van der Waals surface area contributed by atoms with E-state index in [-0.39, 0.29) is 11.9 Å². The number of halogens is 1. The summed E-state index contributed by atoms with van der Waals surface area (Å²) in [6, 6.07) is 5.03. The second kappa shape index (κ2) is 5.30. The van der Waals surface area contributed by atoms with Gasteiger partial charge in [0.15, 0.2) is 0 Å². The first-order chi connectivity index (χ1) is 8.58. The number of aryl methyl sites for hydroxylation is 1. The number of hydrogen-bond acceptors (Lipinski definition) is 3. The molecule has 1 atom stereocenters. The number of amides is 1. The zero-order valence-electron chi connectivity index (χ0n) is 10.1. The van der Waals surface area contributed by atoms with E-state index in [4.69, 9.17) is 0 Å². The molecule has 0 saturated carbocycles. The van der Waals surface area contributed by atoms with Gasteiger partial charge < -0.3 is 5.32 Å². The lowest BCUT2D eigenvalue weighted by Gasteiger charge is -2.12. The summed E-state index contributed by atoms with van der Waals surface area (Å²) in [7, 11) is 0. The molecular formula is C12H13BrN4O. The summed E-state index contributed by atoms with van der Waals surface area (Å²) in [5.41, 5.74) is 0.833. The summed E-state index contributed by atoms with van der Waals surface area (Å²) in [5, 5.41) is 6.80. The molecule has 5 nitrogen and oxygen atoms in total. The standard InChI is InChI=1S/C12H13BrN4O/c1-8-10(13)4-5-11(15-8)16-12(18)9(2)17-7-3-6-14-17/h3-7,9H,1-2H3,(H,15,16,18)/t9-/m0/s1. The van der Waals surface area contributed by atoms with Crippen LogP contribution in [0.4, 0.5) is 5.82 Å². The minimum Gasteiger partial charge on any atom is -0.309 e. The Labute approximate surface area is 113 Å². The van der Waals surface area contributed by atoms with Crippen molar-refractivity contribution >= 4 is 27.7 Å². The minimum absolute atomic E-state index is 0.145. The molecule has 2 aromatic rings. The van der Waals surface area contributed by atoms with E-state index in [2.05, 4.69) is 31.3 Å². The predicted molar refractivity (Wildman–Crippen MR) is 72.2 cm³/mol. The van der Waals surface area contributed by atoms with Crippen LogP contribution in [0, 0.1) is 6.92 Å². The van der Waals surface area contributed by atoms with E-state index in [1.165, 1.54) is 0 Å². The van der Waals surface area contributed by atoms with Crippen LogP contribution in [0.15, 0.2) is 35.1 Å². The first-order valence-electron chi connectivity index (χ1n) is 5.51. The molecule has 18 heavy (non-hydrogen) atoms. The fourth-order valence-electron chi connectivity index (χ4n) is 1.47. The van der Waals surface area contributed by atoms with Crippen molar-refractivity contribution < 1.29 is 4.79 Å². The maximum atomic E-state index is 12.0. The van der Waals surface area contributed by atoms with Gasteiger partial charge in [-0.2, -0.15) is 5.10 Å². The van der Waals surface area contributed by atoms with Crippen LogP contribution in [0.3, 0.4) is 0 Å². The molecule has 0 aliphatic heterocycles. The molecule has 1 N–H and O–H groups in total. The molecule has 94 valence electrons. The van der Waals surface area contributed by atoms with Crippen LogP contribution in [-0.2, 0) is 4.79 Å². The number of hydrogen-bond donors (Lipinski definition) is 1. The fourth-order valence-corrected chi connectivity index (χ4v) is 1.70. The third-order valence-electron chi connectivity index (χ3n) is 2.57. The summed E-state index contributed by atoms with van der Waals surface area (Å²) >= 11 is 3.37. The number of anilines is 1. The average Bonchev–Trinajstić information content (AvgIpc) is 2.86. The van der Waals surface area contributed by atoms with Crippen molar-refractivity contribution in [3.8, 4) is 0 Å². The van der Waals surface area contributed by atoms with Crippen LogP contribution in [-0.4, -0.2) is 20.7 Å². The van der Waals surface area contributed by atoms with E-state index in [1.807, 2.05) is 13.0 Å². The number of pyridine rings is 1. The maximum Gasteiger partial charge on any atom is 0.250 e. The molecule has 0 aliphatic rings. The molecule has 0 saturated heterocycles. The van der Waals surface area contributed by atoms with Crippen molar-refractivity contribution in [1.29, 1.82) is 0 Å². The highest BCUT2D eigenvalue weighted by atomic mass is 79.9. The van der Waals surface area contributed by atoms with Crippen LogP contribution in [0.1, 0.15) is 18.7 Å². The quantitative estimate of drug-likeness (QED) is 0.948. The molecule has 6 heteroatoms. The molecule has 2 rings (SSSR count).